The topological polar surface area (TPSA) is 47.4 Å². The van der Waals surface area contributed by atoms with Crippen molar-refractivity contribution in [2.24, 2.45) is 0 Å². The van der Waals surface area contributed by atoms with Crippen molar-refractivity contribution in [3.63, 3.8) is 0 Å². The fourth-order valence-electron chi connectivity index (χ4n) is 3.25. The van der Waals surface area contributed by atoms with Crippen LogP contribution in [0.15, 0.2) is 41.8 Å². The number of methoxy groups -OCH3 is 1. The predicted octanol–water partition coefficient (Wildman–Crippen LogP) is 3.76. The van der Waals surface area contributed by atoms with Crippen LogP contribution < -0.4 is 4.74 Å². The summed E-state index contributed by atoms with van der Waals surface area (Å²) < 4.78 is 7.28. The Balaban J connectivity index is 1.64. The van der Waals surface area contributed by atoms with Gasteiger partial charge in [-0.1, -0.05) is 37.1 Å². The van der Waals surface area contributed by atoms with Crippen LogP contribution in [-0.2, 0) is 4.79 Å². The maximum Gasteiger partial charge on any atom is 0.233 e. The Bertz CT molecular complexity index is 710. The van der Waals surface area contributed by atoms with Crippen molar-refractivity contribution >= 4 is 17.7 Å². The molecule has 1 saturated carbocycles. The van der Waals surface area contributed by atoms with Gasteiger partial charge in [0.25, 0.3) is 0 Å². The molecule has 25 heavy (non-hydrogen) atoms. The van der Waals surface area contributed by atoms with E-state index in [1.54, 1.807) is 13.3 Å². The molecule has 1 heterocycles. The number of nitrogens with zero attached hydrogens (tertiary/aromatic N) is 3. The maximum atomic E-state index is 12.5. The van der Waals surface area contributed by atoms with Crippen molar-refractivity contribution in [3.05, 3.63) is 36.7 Å². The minimum atomic E-state index is 0.178. The first-order valence-corrected chi connectivity index (χ1v) is 9.74. The van der Waals surface area contributed by atoms with E-state index in [0.29, 0.717) is 11.8 Å². The van der Waals surface area contributed by atoms with Crippen LogP contribution in [0.1, 0.15) is 32.1 Å². The molecule has 2 aromatic rings. The number of carbonyl (C=O) groups is 1. The van der Waals surface area contributed by atoms with Crippen LogP contribution >= 0.6 is 11.8 Å². The van der Waals surface area contributed by atoms with Crippen molar-refractivity contribution in [1.82, 2.24) is 14.5 Å². The predicted molar refractivity (Wildman–Crippen MR) is 100 cm³/mol. The van der Waals surface area contributed by atoms with Gasteiger partial charge in [-0.2, -0.15) is 0 Å². The zero-order chi connectivity index (χ0) is 17.6. The van der Waals surface area contributed by atoms with E-state index in [9.17, 15) is 4.79 Å². The number of hydrogen-bond donors (Lipinski definition) is 0. The first kappa shape index (κ1) is 17.9. The normalized spacial score (nSPS) is 15.1. The highest BCUT2D eigenvalue weighted by Crippen LogP contribution is 2.25. The molecule has 0 unspecified atom stereocenters. The van der Waals surface area contributed by atoms with Crippen LogP contribution in [0.25, 0.3) is 5.69 Å². The van der Waals surface area contributed by atoms with E-state index in [1.165, 1.54) is 31.0 Å². The van der Waals surface area contributed by atoms with Gasteiger partial charge in [0.05, 0.1) is 18.6 Å². The molecule has 0 atom stereocenters. The van der Waals surface area contributed by atoms with Gasteiger partial charge >= 0.3 is 0 Å². The Morgan fingerprint density at radius 2 is 2.16 bits per heavy atom. The lowest BCUT2D eigenvalue weighted by Gasteiger charge is -2.31. The van der Waals surface area contributed by atoms with Crippen LogP contribution in [0, 0.1) is 0 Å². The zero-order valence-electron chi connectivity index (χ0n) is 14.9. The van der Waals surface area contributed by atoms with E-state index in [2.05, 4.69) is 4.98 Å². The molecule has 1 fully saturated rings. The van der Waals surface area contributed by atoms with Crippen LogP contribution in [0.2, 0.25) is 0 Å². The first-order chi connectivity index (χ1) is 12.2. The number of carbonyl (C=O) groups excluding carboxylic acids is 1. The summed E-state index contributed by atoms with van der Waals surface area (Å²) in [6.45, 7) is 0. The number of amides is 1. The summed E-state index contributed by atoms with van der Waals surface area (Å²) in [6, 6.07) is 8.23. The molecule has 1 amide bonds. The van der Waals surface area contributed by atoms with Gasteiger partial charge in [-0.15, -0.1) is 0 Å². The minimum absolute atomic E-state index is 0.178. The Morgan fingerprint density at radius 3 is 2.92 bits per heavy atom. The average Bonchev–Trinajstić information content (AvgIpc) is 3.15. The van der Waals surface area contributed by atoms with Gasteiger partial charge in [-0.05, 0) is 25.0 Å². The second kappa shape index (κ2) is 8.43. The molecule has 0 aliphatic heterocycles. The lowest BCUT2D eigenvalue weighted by atomic mass is 9.94. The van der Waals surface area contributed by atoms with Gasteiger partial charge in [0.1, 0.15) is 5.75 Å². The van der Waals surface area contributed by atoms with E-state index >= 15 is 0 Å². The van der Waals surface area contributed by atoms with E-state index in [4.69, 9.17) is 4.74 Å². The summed E-state index contributed by atoms with van der Waals surface area (Å²) in [7, 11) is 3.59. The molecule has 0 saturated heterocycles. The lowest BCUT2D eigenvalue weighted by molar-refractivity contribution is -0.129. The number of aromatic nitrogens is 2. The van der Waals surface area contributed by atoms with Gasteiger partial charge in [0.15, 0.2) is 5.16 Å². The number of thioether (sulfide) groups is 1. The molecule has 0 spiro atoms. The van der Waals surface area contributed by atoms with E-state index in [-0.39, 0.29) is 5.91 Å². The van der Waals surface area contributed by atoms with Gasteiger partial charge in [-0.25, -0.2) is 4.98 Å². The molecule has 0 radical (unpaired) electrons. The number of rotatable bonds is 6. The highest BCUT2D eigenvalue weighted by atomic mass is 32.2. The van der Waals surface area contributed by atoms with Gasteiger partial charge < -0.3 is 9.64 Å². The molecule has 5 nitrogen and oxygen atoms in total. The highest BCUT2D eigenvalue weighted by molar-refractivity contribution is 7.99. The van der Waals surface area contributed by atoms with Crippen molar-refractivity contribution in [2.75, 3.05) is 19.9 Å². The summed E-state index contributed by atoms with van der Waals surface area (Å²) >= 11 is 1.48. The Labute approximate surface area is 153 Å². The van der Waals surface area contributed by atoms with Gasteiger partial charge in [-0.3, -0.25) is 9.36 Å². The van der Waals surface area contributed by atoms with Crippen molar-refractivity contribution in [1.29, 1.82) is 0 Å². The first-order valence-electron chi connectivity index (χ1n) is 8.75. The minimum Gasteiger partial charge on any atom is -0.497 e. The monoisotopic (exact) mass is 359 g/mol. The van der Waals surface area contributed by atoms with Crippen LogP contribution in [0.5, 0.6) is 5.75 Å². The summed E-state index contributed by atoms with van der Waals surface area (Å²) in [4.78, 5) is 18.9. The van der Waals surface area contributed by atoms with Gasteiger partial charge in [0, 0.05) is 31.5 Å². The second-order valence-corrected chi connectivity index (χ2v) is 7.31. The van der Waals surface area contributed by atoms with Crippen molar-refractivity contribution in [3.8, 4) is 11.4 Å². The molecule has 0 N–H and O–H groups in total. The molecule has 0 bridgehead atoms. The van der Waals surface area contributed by atoms with Gasteiger partial charge in [0.2, 0.25) is 5.91 Å². The molecular formula is C19H25N3O2S. The van der Waals surface area contributed by atoms with Crippen molar-refractivity contribution in [2.45, 2.75) is 43.3 Å². The fraction of sp³-hybridized carbons (Fsp3) is 0.474. The summed E-state index contributed by atoms with van der Waals surface area (Å²) in [6.07, 6.45) is 9.69. The largest absolute Gasteiger partial charge is 0.497 e. The summed E-state index contributed by atoms with van der Waals surface area (Å²) in [5, 5.41) is 0.818. The lowest BCUT2D eigenvalue weighted by Crippen LogP contribution is -2.39. The molecule has 134 valence electrons. The van der Waals surface area contributed by atoms with E-state index in [0.717, 1.165) is 29.4 Å². The maximum absolute atomic E-state index is 12.5. The average molecular weight is 359 g/mol. The van der Waals surface area contributed by atoms with E-state index in [1.807, 2.05) is 47.0 Å². The molecule has 1 aliphatic rings. The number of imidazole rings is 1. The third-order valence-corrected chi connectivity index (χ3v) is 5.73. The Morgan fingerprint density at radius 1 is 1.36 bits per heavy atom. The summed E-state index contributed by atoms with van der Waals surface area (Å²) in [5.74, 6) is 1.39. The SMILES string of the molecule is COc1cccc(-n2ccnc2SCC(=O)N(C)C2CCCCC2)c1. The Kier molecular flexibility index (Phi) is 6.02. The fourth-order valence-corrected chi connectivity index (χ4v) is 4.15. The quantitative estimate of drug-likeness (QED) is 0.737. The molecule has 1 aliphatic carbocycles. The Hall–Kier alpha value is -1.95. The summed E-state index contributed by atoms with van der Waals surface area (Å²) in [5.41, 5.74) is 0.979. The molecule has 1 aromatic heterocycles. The molecule has 3 rings (SSSR count). The number of ether oxygens (including phenoxy) is 1. The van der Waals surface area contributed by atoms with Crippen LogP contribution in [-0.4, -0.2) is 46.3 Å². The number of benzene rings is 1. The smallest absolute Gasteiger partial charge is 0.233 e. The third kappa shape index (κ3) is 4.37. The van der Waals surface area contributed by atoms with Crippen LogP contribution in [0.3, 0.4) is 0 Å². The molecule has 6 heteroatoms. The zero-order valence-corrected chi connectivity index (χ0v) is 15.7. The number of hydrogen-bond acceptors (Lipinski definition) is 4. The second-order valence-electron chi connectivity index (χ2n) is 6.37. The molecule has 1 aromatic carbocycles. The van der Waals surface area contributed by atoms with E-state index < -0.39 is 0 Å². The highest BCUT2D eigenvalue weighted by Gasteiger charge is 2.22. The standard InChI is InChI=1S/C19H25N3O2S/c1-21(15-7-4-3-5-8-15)18(23)14-25-19-20-11-12-22(19)16-9-6-10-17(13-16)24-2/h6,9-13,15H,3-5,7-8,14H2,1-2H3. The molecular weight excluding hydrogens is 334 g/mol. The third-order valence-electron chi connectivity index (χ3n) is 4.78. The van der Waals surface area contributed by atoms with Crippen LogP contribution in [0.4, 0.5) is 0 Å². The van der Waals surface area contributed by atoms with Crippen molar-refractivity contribution < 1.29 is 9.53 Å².